The van der Waals surface area contributed by atoms with Gasteiger partial charge in [-0.05, 0) is 65.0 Å². The molecular weight excluding hydrogens is 533 g/mol. The number of halogens is 1. The maximum Gasteiger partial charge on any atom is 0.264 e. The van der Waals surface area contributed by atoms with E-state index in [1.54, 1.807) is 57.2 Å². The lowest BCUT2D eigenvalue weighted by atomic mass is 10.1. The highest BCUT2D eigenvalue weighted by molar-refractivity contribution is 7.92. The molecule has 40 heavy (non-hydrogen) atoms. The molecule has 1 N–H and O–H groups in total. The average Bonchev–Trinajstić information content (AvgIpc) is 2.90. The normalized spacial score (nSPS) is 12.4. The Morgan fingerprint density at radius 2 is 1.57 bits per heavy atom. The van der Waals surface area contributed by atoms with E-state index in [0.29, 0.717) is 0 Å². The highest BCUT2D eigenvalue weighted by Gasteiger charge is 2.34. The first-order valence-corrected chi connectivity index (χ1v) is 14.3. The molecule has 0 fully saturated rings. The third-order valence-corrected chi connectivity index (χ3v) is 7.98. The second kappa shape index (κ2) is 12.5. The van der Waals surface area contributed by atoms with Crippen LogP contribution >= 0.6 is 0 Å². The van der Waals surface area contributed by atoms with Crippen LogP contribution in [0.25, 0.3) is 0 Å². The van der Waals surface area contributed by atoms with Gasteiger partial charge in [0.05, 0.1) is 17.7 Å². The van der Waals surface area contributed by atoms with E-state index in [2.05, 4.69) is 5.32 Å². The van der Waals surface area contributed by atoms with Crippen LogP contribution in [0.1, 0.15) is 38.8 Å². The third-order valence-electron chi connectivity index (χ3n) is 6.21. The van der Waals surface area contributed by atoms with E-state index in [-0.39, 0.29) is 28.4 Å². The lowest BCUT2D eigenvalue weighted by molar-refractivity contribution is -0.140. The average molecular weight is 570 g/mol. The fraction of sp³-hybridized carbons (Fsp3) is 0.333. The molecule has 8 nitrogen and oxygen atoms in total. The Balaban J connectivity index is 2.09. The maximum absolute atomic E-state index is 14.7. The van der Waals surface area contributed by atoms with Gasteiger partial charge in [-0.15, -0.1) is 0 Å². The van der Waals surface area contributed by atoms with Gasteiger partial charge in [-0.2, -0.15) is 0 Å². The minimum atomic E-state index is -4.26. The molecule has 0 heterocycles. The number of nitrogens with zero attached hydrogens (tertiary/aromatic N) is 2. The van der Waals surface area contributed by atoms with E-state index >= 15 is 0 Å². The summed E-state index contributed by atoms with van der Waals surface area (Å²) < 4.78 is 48.9. The number of rotatable bonds is 10. The summed E-state index contributed by atoms with van der Waals surface area (Å²) in [6.07, 6.45) is 0. The second-order valence-corrected chi connectivity index (χ2v) is 12.4. The minimum Gasteiger partial charge on any atom is -0.495 e. The second-order valence-electron chi connectivity index (χ2n) is 10.5. The van der Waals surface area contributed by atoms with E-state index in [9.17, 15) is 22.4 Å². The zero-order valence-corrected chi connectivity index (χ0v) is 24.5. The van der Waals surface area contributed by atoms with Crippen LogP contribution in [0, 0.1) is 12.7 Å². The van der Waals surface area contributed by atoms with E-state index in [4.69, 9.17) is 4.74 Å². The molecule has 1 atom stereocenters. The fourth-order valence-electron chi connectivity index (χ4n) is 4.05. The number of methoxy groups -OCH3 is 1. The number of hydrogen-bond donors (Lipinski definition) is 1. The quantitative estimate of drug-likeness (QED) is 0.383. The first-order chi connectivity index (χ1) is 18.7. The molecular formula is C30H36FN3O5S. The zero-order valence-electron chi connectivity index (χ0n) is 23.6. The molecule has 0 saturated heterocycles. The van der Waals surface area contributed by atoms with Gasteiger partial charge in [0.25, 0.3) is 10.0 Å². The zero-order chi connectivity index (χ0) is 29.7. The number of benzene rings is 3. The van der Waals surface area contributed by atoms with Crippen LogP contribution in [0.5, 0.6) is 5.75 Å². The number of anilines is 1. The molecule has 0 unspecified atom stereocenters. The van der Waals surface area contributed by atoms with Crippen molar-refractivity contribution in [3.05, 3.63) is 89.7 Å². The number of amides is 2. The number of para-hydroxylation sites is 2. The van der Waals surface area contributed by atoms with Gasteiger partial charge in [-0.1, -0.05) is 48.0 Å². The predicted octanol–water partition coefficient (Wildman–Crippen LogP) is 4.67. The molecule has 0 saturated carbocycles. The van der Waals surface area contributed by atoms with Crippen molar-refractivity contribution in [2.75, 3.05) is 18.0 Å². The van der Waals surface area contributed by atoms with Crippen molar-refractivity contribution in [2.24, 2.45) is 0 Å². The Morgan fingerprint density at radius 3 is 2.17 bits per heavy atom. The first-order valence-electron chi connectivity index (χ1n) is 12.8. The number of carbonyl (C=O) groups excluding carboxylic acids is 2. The van der Waals surface area contributed by atoms with Crippen molar-refractivity contribution < 1.29 is 27.1 Å². The summed E-state index contributed by atoms with van der Waals surface area (Å²) in [5.41, 5.74) is 0.623. The van der Waals surface area contributed by atoms with Crippen LogP contribution < -0.4 is 14.4 Å². The Bertz CT molecular complexity index is 1450. The van der Waals surface area contributed by atoms with Crippen molar-refractivity contribution in [3.63, 3.8) is 0 Å². The first kappa shape index (κ1) is 30.6. The van der Waals surface area contributed by atoms with Gasteiger partial charge >= 0.3 is 0 Å². The summed E-state index contributed by atoms with van der Waals surface area (Å²) in [7, 11) is -2.85. The van der Waals surface area contributed by atoms with Gasteiger partial charge in [0.15, 0.2) is 0 Å². The van der Waals surface area contributed by atoms with Crippen molar-refractivity contribution in [2.45, 2.75) is 57.6 Å². The van der Waals surface area contributed by atoms with Crippen LogP contribution in [-0.2, 0) is 26.2 Å². The van der Waals surface area contributed by atoms with E-state index < -0.39 is 45.8 Å². The maximum atomic E-state index is 14.7. The van der Waals surface area contributed by atoms with Gasteiger partial charge < -0.3 is 15.0 Å². The van der Waals surface area contributed by atoms with Crippen LogP contribution in [0.4, 0.5) is 10.1 Å². The molecule has 0 aliphatic carbocycles. The summed E-state index contributed by atoms with van der Waals surface area (Å²) in [5.74, 6) is -1.45. The van der Waals surface area contributed by atoms with Gasteiger partial charge in [-0.3, -0.25) is 13.9 Å². The van der Waals surface area contributed by atoms with Crippen LogP contribution in [0.3, 0.4) is 0 Å². The van der Waals surface area contributed by atoms with Gasteiger partial charge in [0.2, 0.25) is 11.8 Å². The van der Waals surface area contributed by atoms with Crippen molar-refractivity contribution in [3.8, 4) is 5.75 Å². The molecule has 0 spiro atoms. The molecule has 0 bridgehead atoms. The number of nitrogens with one attached hydrogen (secondary N) is 1. The van der Waals surface area contributed by atoms with Crippen molar-refractivity contribution >= 4 is 27.5 Å². The molecule has 10 heteroatoms. The van der Waals surface area contributed by atoms with Gasteiger partial charge in [0.1, 0.15) is 24.2 Å². The summed E-state index contributed by atoms with van der Waals surface area (Å²) in [6, 6.07) is 17.6. The molecule has 214 valence electrons. The lowest BCUT2D eigenvalue weighted by Crippen LogP contribution is -2.54. The number of sulfonamides is 1. The highest BCUT2D eigenvalue weighted by Crippen LogP contribution is 2.32. The van der Waals surface area contributed by atoms with Crippen LogP contribution in [0.2, 0.25) is 0 Å². The van der Waals surface area contributed by atoms with Crippen molar-refractivity contribution in [1.82, 2.24) is 10.2 Å². The predicted molar refractivity (Wildman–Crippen MR) is 153 cm³/mol. The minimum absolute atomic E-state index is 0.0176. The SMILES string of the molecule is COc1ccccc1N(CC(=O)N(Cc1ccccc1F)[C@@H](C)C(=O)NC(C)(C)C)S(=O)(=O)c1ccc(C)cc1. The Kier molecular flexibility index (Phi) is 9.57. The number of ether oxygens (including phenoxy) is 1. The molecule has 3 rings (SSSR count). The fourth-order valence-corrected chi connectivity index (χ4v) is 5.48. The molecule has 3 aromatic rings. The van der Waals surface area contributed by atoms with Gasteiger partial charge in [-0.25, -0.2) is 12.8 Å². The summed E-state index contributed by atoms with van der Waals surface area (Å²) >= 11 is 0. The highest BCUT2D eigenvalue weighted by atomic mass is 32.2. The van der Waals surface area contributed by atoms with Crippen LogP contribution in [0.15, 0.2) is 77.7 Å². The Hall–Kier alpha value is -3.92. The number of aryl methyl sites for hydroxylation is 1. The Morgan fingerprint density at radius 1 is 0.975 bits per heavy atom. The standard InChI is InChI=1S/C30H36FN3O5S/c1-21-15-17-24(18-16-21)40(37,38)34(26-13-9-10-14-27(26)39-6)20-28(35)33(19-23-11-7-8-12-25(23)31)22(2)29(36)32-30(3,4)5/h7-18,22H,19-20H2,1-6H3,(H,32,36)/t22-/m0/s1. The topological polar surface area (TPSA) is 96.0 Å². The number of carbonyl (C=O) groups is 2. The Labute approximate surface area is 235 Å². The molecule has 3 aromatic carbocycles. The summed E-state index contributed by atoms with van der Waals surface area (Å²) in [5, 5.41) is 2.84. The van der Waals surface area contributed by atoms with Crippen molar-refractivity contribution in [1.29, 1.82) is 0 Å². The molecule has 0 aliphatic rings. The summed E-state index contributed by atoms with van der Waals surface area (Å²) in [6.45, 7) is 7.88. The van der Waals surface area contributed by atoms with E-state index in [0.717, 1.165) is 9.87 Å². The molecule has 0 radical (unpaired) electrons. The summed E-state index contributed by atoms with van der Waals surface area (Å²) in [4.78, 5) is 28.3. The largest absolute Gasteiger partial charge is 0.495 e. The number of hydrogen-bond acceptors (Lipinski definition) is 5. The smallest absolute Gasteiger partial charge is 0.264 e. The molecule has 2 amide bonds. The van der Waals surface area contributed by atoms with Crippen LogP contribution in [-0.4, -0.2) is 50.4 Å². The monoisotopic (exact) mass is 569 g/mol. The lowest BCUT2D eigenvalue weighted by Gasteiger charge is -2.33. The van der Waals surface area contributed by atoms with Gasteiger partial charge in [0, 0.05) is 17.6 Å². The van der Waals surface area contributed by atoms with E-state index in [1.165, 1.54) is 55.3 Å². The molecule has 0 aromatic heterocycles. The third kappa shape index (κ3) is 7.38. The molecule has 0 aliphatic heterocycles. The van der Waals surface area contributed by atoms with E-state index in [1.807, 2.05) is 6.92 Å².